The van der Waals surface area contributed by atoms with Gasteiger partial charge in [-0.25, -0.2) is 0 Å². The molecule has 0 aromatic heterocycles. The average Bonchev–Trinajstić information content (AvgIpc) is 2.61. The number of rotatable bonds is 4. The first-order valence-corrected chi connectivity index (χ1v) is 7.61. The summed E-state index contributed by atoms with van der Waals surface area (Å²) in [7, 11) is 1.00. The van der Waals surface area contributed by atoms with Crippen LogP contribution in [0.4, 0.5) is 0 Å². The molecular formula is C22H28O4. The van der Waals surface area contributed by atoms with Crippen molar-refractivity contribution in [1.82, 2.24) is 0 Å². The summed E-state index contributed by atoms with van der Waals surface area (Å²) in [6.45, 7) is 0. The first kappa shape index (κ1) is 23.2. The second kappa shape index (κ2) is 10.9. The maximum Gasteiger partial charge on any atom is 0.166 e. The number of aliphatic hydroxyl groups excluding tert-OH is 1. The van der Waals surface area contributed by atoms with E-state index in [0.29, 0.717) is 23.8 Å². The second-order valence-electron chi connectivity index (χ2n) is 5.31. The van der Waals surface area contributed by atoms with Crippen LogP contribution in [0, 0.1) is 0 Å². The van der Waals surface area contributed by atoms with E-state index in [0.717, 1.165) is 18.1 Å². The molecule has 0 amide bonds. The summed E-state index contributed by atoms with van der Waals surface area (Å²) in [5.74, 6) is 0.00236. The molecule has 3 aromatic rings. The molecule has 3 aromatic carbocycles. The second-order valence-corrected chi connectivity index (χ2v) is 5.31. The van der Waals surface area contributed by atoms with Crippen molar-refractivity contribution in [2.75, 3.05) is 7.11 Å². The Bertz CT molecular complexity index is 826. The van der Waals surface area contributed by atoms with Crippen molar-refractivity contribution in [3.05, 3.63) is 71.8 Å². The van der Waals surface area contributed by atoms with Gasteiger partial charge in [0, 0.05) is 13.5 Å². The lowest BCUT2D eigenvalue weighted by Gasteiger charge is -2.07. The maximum atomic E-state index is 12.3. The Morgan fingerprint density at radius 1 is 0.846 bits per heavy atom. The van der Waals surface area contributed by atoms with Crippen molar-refractivity contribution in [1.29, 1.82) is 0 Å². The third-order valence-electron chi connectivity index (χ3n) is 3.72. The first-order chi connectivity index (χ1) is 11.6. The van der Waals surface area contributed by atoms with Crippen LogP contribution in [0.2, 0.25) is 0 Å². The number of aryl methyl sites for hydroxylation is 1. The van der Waals surface area contributed by atoms with Gasteiger partial charge in [-0.1, -0.05) is 51.3 Å². The van der Waals surface area contributed by atoms with Gasteiger partial charge in [-0.15, -0.1) is 0 Å². The quantitative estimate of drug-likeness (QED) is 0.578. The van der Waals surface area contributed by atoms with Crippen molar-refractivity contribution in [3.63, 3.8) is 0 Å². The molecule has 4 nitrogen and oxygen atoms in total. The molecule has 4 heteroatoms. The van der Waals surface area contributed by atoms with Crippen LogP contribution in [0.5, 0.6) is 11.5 Å². The first-order valence-electron chi connectivity index (χ1n) is 7.61. The average molecular weight is 356 g/mol. The van der Waals surface area contributed by atoms with E-state index in [1.54, 1.807) is 24.3 Å². The highest BCUT2D eigenvalue weighted by atomic mass is 16.3. The SMILES string of the molecule is C.C.CO.O=C(CCc1ccccc1)c1cc2ccc(O)cc2cc1O. The Morgan fingerprint density at radius 3 is 2.15 bits per heavy atom. The zero-order valence-corrected chi connectivity index (χ0v) is 13.4. The summed E-state index contributed by atoms with van der Waals surface area (Å²) >= 11 is 0. The molecule has 0 atom stereocenters. The van der Waals surface area contributed by atoms with Crippen LogP contribution in [-0.4, -0.2) is 28.2 Å². The van der Waals surface area contributed by atoms with Crippen molar-refractivity contribution in [2.45, 2.75) is 27.7 Å². The third-order valence-corrected chi connectivity index (χ3v) is 3.72. The smallest absolute Gasteiger partial charge is 0.166 e. The third kappa shape index (κ3) is 5.60. The minimum atomic E-state index is -0.0867. The number of aliphatic hydroxyl groups is 1. The zero-order valence-electron chi connectivity index (χ0n) is 13.4. The Balaban J connectivity index is 0.00000151. The number of ketones is 1. The fourth-order valence-electron chi connectivity index (χ4n) is 2.53. The number of carbonyl (C=O) groups excluding carboxylic acids is 1. The molecule has 0 aliphatic carbocycles. The molecule has 0 saturated carbocycles. The van der Waals surface area contributed by atoms with Gasteiger partial charge < -0.3 is 15.3 Å². The number of hydrogen-bond donors (Lipinski definition) is 3. The van der Waals surface area contributed by atoms with Crippen LogP contribution in [0.1, 0.15) is 37.2 Å². The van der Waals surface area contributed by atoms with Gasteiger partial charge in [0.1, 0.15) is 11.5 Å². The zero-order chi connectivity index (χ0) is 17.5. The number of phenolic OH excluding ortho intramolecular Hbond substituents is 2. The van der Waals surface area contributed by atoms with E-state index in [4.69, 9.17) is 5.11 Å². The lowest BCUT2D eigenvalue weighted by molar-refractivity contribution is 0.0980. The molecule has 0 radical (unpaired) electrons. The Kier molecular flexibility index (Phi) is 9.71. The van der Waals surface area contributed by atoms with Crippen molar-refractivity contribution < 1.29 is 20.1 Å². The summed E-state index contributed by atoms with van der Waals surface area (Å²) in [5, 5.41) is 28.0. The van der Waals surface area contributed by atoms with Gasteiger partial charge in [0.05, 0.1) is 5.56 Å². The normalized spacial score (nSPS) is 9.31. The largest absolute Gasteiger partial charge is 0.508 e. The van der Waals surface area contributed by atoms with Crippen LogP contribution < -0.4 is 0 Å². The van der Waals surface area contributed by atoms with E-state index in [1.807, 2.05) is 30.3 Å². The molecule has 0 aliphatic heterocycles. The van der Waals surface area contributed by atoms with Crippen LogP contribution in [-0.2, 0) is 6.42 Å². The molecule has 0 aliphatic rings. The summed E-state index contributed by atoms with van der Waals surface area (Å²) in [5.41, 5.74) is 1.43. The van der Waals surface area contributed by atoms with Crippen LogP contribution in [0.25, 0.3) is 10.8 Å². The molecule has 0 fully saturated rings. The highest BCUT2D eigenvalue weighted by Crippen LogP contribution is 2.28. The van der Waals surface area contributed by atoms with Gasteiger partial charge >= 0.3 is 0 Å². The van der Waals surface area contributed by atoms with E-state index in [1.165, 1.54) is 6.07 Å². The molecule has 0 bridgehead atoms. The minimum Gasteiger partial charge on any atom is -0.508 e. The van der Waals surface area contributed by atoms with Crippen molar-refractivity contribution in [3.8, 4) is 11.5 Å². The monoisotopic (exact) mass is 356 g/mol. The number of phenols is 2. The van der Waals surface area contributed by atoms with E-state index in [2.05, 4.69) is 0 Å². The van der Waals surface area contributed by atoms with Crippen LogP contribution in [0.15, 0.2) is 60.7 Å². The van der Waals surface area contributed by atoms with Crippen LogP contribution >= 0.6 is 0 Å². The molecule has 3 rings (SSSR count). The van der Waals surface area contributed by atoms with E-state index in [-0.39, 0.29) is 32.1 Å². The number of benzene rings is 3. The molecule has 0 spiro atoms. The molecule has 0 saturated heterocycles. The van der Waals surface area contributed by atoms with E-state index >= 15 is 0 Å². The predicted molar refractivity (Wildman–Crippen MR) is 108 cm³/mol. The molecular weight excluding hydrogens is 328 g/mol. The number of carbonyl (C=O) groups is 1. The Labute approximate surface area is 155 Å². The highest BCUT2D eigenvalue weighted by molar-refractivity contribution is 6.03. The summed E-state index contributed by atoms with van der Waals surface area (Å²) in [6, 6.07) is 17.9. The van der Waals surface area contributed by atoms with Gasteiger partial charge in [0.15, 0.2) is 5.78 Å². The number of fused-ring (bicyclic) bond motifs is 1. The highest BCUT2D eigenvalue weighted by Gasteiger charge is 2.13. The van der Waals surface area contributed by atoms with Crippen molar-refractivity contribution in [2.24, 2.45) is 0 Å². The number of aromatic hydroxyl groups is 2. The Hall–Kier alpha value is -2.85. The fourth-order valence-corrected chi connectivity index (χ4v) is 2.53. The van der Waals surface area contributed by atoms with Gasteiger partial charge in [-0.05, 0) is 47.0 Å². The van der Waals surface area contributed by atoms with Gasteiger partial charge in [0.25, 0.3) is 0 Å². The fraction of sp³-hybridized carbons (Fsp3) is 0.227. The maximum absolute atomic E-state index is 12.3. The standard InChI is InChI=1S/C19H16O3.CH4O.2CH4/c20-16-8-7-14-11-17(19(22)12-15(14)10-16)18(21)9-6-13-4-2-1-3-5-13;1-2;;/h1-5,7-8,10-12,20,22H,6,9H2;2H,1H3;2*1H4. The molecule has 140 valence electrons. The van der Waals surface area contributed by atoms with Crippen LogP contribution in [0.3, 0.4) is 0 Å². The van der Waals surface area contributed by atoms with Crippen molar-refractivity contribution >= 4 is 16.6 Å². The number of Topliss-reactive ketones (excluding diaryl/α,β-unsaturated/α-hetero) is 1. The summed E-state index contributed by atoms with van der Waals surface area (Å²) in [6.07, 6.45) is 0.994. The Morgan fingerprint density at radius 2 is 1.50 bits per heavy atom. The molecule has 3 N–H and O–H groups in total. The van der Waals surface area contributed by atoms with Gasteiger partial charge in [-0.2, -0.15) is 0 Å². The van der Waals surface area contributed by atoms with Gasteiger partial charge in [0.2, 0.25) is 0 Å². The topological polar surface area (TPSA) is 77.8 Å². The molecule has 0 heterocycles. The van der Waals surface area contributed by atoms with E-state index in [9.17, 15) is 15.0 Å². The lowest BCUT2D eigenvalue weighted by Crippen LogP contribution is -2.01. The number of hydrogen-bond acceptors (Lipinski definition) is 4. The van der Waals surface area contributed by atoms with E-state index < -0.39 is 0 Å². The summed E-state index contributed by atoms with van der Waals surface area (Å²) in [4.78, 5) is 12.3. The summed E-state index contributed by atoms with van der Waals surface area (Å²) < 4.78 is 0. The molecule has 26 heavy (non-hydrogen) atoms. The predicted octanol–water partition coefficient (Wildman–Crippen LogP) is 4.95. The lowest BCUT2D eigenvalue weighted by atomic mass is 9.99. The van der Waals surface area contributed by atoms with Gasteiger partial charge in [-0.3, -0.25) is 4.79 Å². The minimum absolute atomic E-state index is 0. The molecule has 0 unspecified atom stereocenters.